The Labute approximate surface area is 113 Å². The van der Waals surface area contributed by atoms with Crippen LogP contribution in [0.5, 0.6) is 5.88 Å². The van der Waals surface area contributed by atoms with Crippen molar-refractivity contribution in [3.05, 3.63) is 23.4 Å². The lowest BCUT2D eigenvalue weighted by Crippen LogP contribution is -2.10. The molecule has 0 N–H and O–H groups in total. The van der Waals surface area contributed by atoms with Crippen molar-refractivity contribution in [2.45, 2.75) is 32.6 Å². The van der Waals surface area contributed by atoms with Crippen LogP contribution >= 0.6 is 0 Å². The Balaban J connectivity index is 1.58. The number of carbonyl (C=O) groups is 1. The molecule has 1 aromatic heterocycles. The zero-order valence-electron chi connectivity index (χ0n) is 11.2. The van der Waals surface area contributed by atoms with Crippen LogP contribution in [0.3, 0.4) is 0 Å². The molecule has 0 bridgehead atoms. The molecule has 1 aromatic rings. The predicted octanol–water partition coefficient (Wildman–Crippen LogP) is 2.75. The van der Waals surface area contributed by atoms with E-state index in [0.29, 0.717) is 29.9 Å². The van der Waals surface area contributed by atoms with Crippen LogP contribution in [0.2, 0.25) is 0 Å². The highest BCUT2D eigenvalue weighted by atomic mass is 16.5. The molecule has 2 aliphatic rings. The van der Waals surface area contributed by atoms with Crippen molar-refractivity contribution in [3.8, 4) is 5.88 Å². The Hall–Kier alpha value is -1.58. The van der Waals surface area contributed by atoms with E-state index in [1.165, 1.54) is 25.7 Å². The van der Waals surface area contributed by atoms with E-state index in [4.69, 9.17) is 9.47 Å². The van der Waals surface area contributed by atoms with Crippen LogP contribution < -0.4 is 4.74 Å². The van der Waals surface area contributed by atoms with Crippen LogP contribution in [-0.4, -0.2) is 24.2 Å². The van der Waals surface area contributed by atoms with E-state index in [-0.39, 0.29) is 5.97 Å². The second kappa shape index (κ2) is 5.19. The number of hydrogen-bond acceptors (Lipinski definition) is 4. The Morgan fingerprint density at radius 1 is 1.26 bits per heavy atom. The van der Waals surface area contributed by atoms with Crippen molar-refractivity contribution in [1.82, 2.24) is 4.98 Å². The van der Waals surface area contributed by atoms with E-state index < -0.39 is 0 Å². The quantitative estimate of drug-likeness (QED) is 0.739. The first-order chi connectivity index (χ1) is 9.22. The van der Waals surface area contributed by atoms with Gasteiger partial charge >= 0.3 is 5.97 Å². The van der Waals surface area contributed by atoms with Gasteiger partial charge in [0.1, 0.15) is 0 Å². The highest BCUT2D eigenvalue weighted by Gasteiger charge is 2.24. The molecule has 4 nitrogen and oxygen atoms in total. The van der Waals surface area contributed by atoms with Gasteiger partial charge in [0.25, 0.3) is 0 Å². The van der Waals surface area contributed by atoms with E-state index in [1.807, 2.05) is 13.0 Å². The standard InChI is InChI=1S/C15H19NO3/c1-10-6-14(18-8-11-2-3-11)16-7-13(10)15(17)19-9-12-4-5-12/h6-7,11-12H,2-5,8-9H2,1H3. The van der Waals surface area contributed by atoms with Gasteiger partial charge in [-0.15, -0.1) is 0 Å². The summed E-state index contributed by atoms with van der Waals surface area (Å²) in [4.78, 5) is 16.1. The van der Waals surface area contributed by atoms with Crippen molar-refractivity contribution in [2.24, 2.45) is 11.8 Å². The lowest BCUT2D eigenvalue weighted by molar-refractivity contribution is 0.0484. The molecule has 0 radical (unpaired) electrons. The number of esters is 1. The fraction of sp³-hybridized carbons (Fsp3) is 0.600. The molecule has 0 spiro atoms. The Morgan fingerprint density at radius 3 is 2.58 bits per heavy atom. The smallest absolute Gasteiger partial charge is 0.339 e. The summed E-state index contributed by atoms with van der Waals surface area (Å²) < 4.78 is 10.9. The molecule has 0 saturated heterocycles. The summed E-state index contributed by atoms with van der Waals surface area (Å²) in [6.07, 6.45) is 6.43. The fourth-order valence-electron chi connectivity index (χ4n) is 1.87. The monoisotopic (exact) mass is 261 g/mol. The van der Waals surface area contributed by atoms with Crippen LogP contribution in [0.4, 0.5) is 0 Å². The molecule has 3 rings (SSSR count). The summed E-state index contributed by atoms with van der Waals surface area (Å²) in [7, 11) is 0. The molecule has 2 saturated carbocycles. The highest BCUT2D eigenvalue weighted by Crippen LogP contribution is 2.30. The molecule has 0 aromatic carbocycles. The summed E-state index contributed by atoms with van der Waals surface area (Å²) in [6, 6.07) is 1.82. The average molecular weight is 261 g/mol. The van der Waals surface area contributed by atoms with E-state index in [0.717, 1.165) is 12.2 Å². The van der Waals surface area contributed by atoms with E-state index in [1.54, 1.807) is 6.20 Å². The minimum absolute atomic E-state index is 0.273. The highest BCUT2D eigenvalue weighted by molar-refractivity contribution is 5.90. The Bertz CT molecular complexity index is 478. The summed E-state index contributed by atoms with van der Waals surface area (Å²) in [5.41, 5.74) is 1.40. The van der Waals surface area contributed by atoms with Crippen molar-refractivity contribution >= 4 is 5.97 Å². The largest absolute Gasteiger partial charge is 0.477 e. The number of ether oxygens (including phenoxy) is 2. The topological polar surface area (TPSA) is 48.4 Å². The summed E-state index contributed by atoms with van der Waals surface area (Å²) >= 11 is 0. The first kappa shape index (κ1) is 12.5. The molecule has 4 heteroatoms. The molecule has 102 valence electrons. The average Bonchev–Trinajstić information content (AvgIpc) is 3.28. The Morgan fingerprint density at radius 2 is 1.95 bits per heavy atom. The van der Waals surface area contributed by atoms with Gasteiger partial charge in [-0.1, -0.05) is 0 Å². The van der Waals surface area contributed by atoms with Crippen LogP contribution in [-0.2, 0) is 4.74 Å². The normalized spacial score (nSPS) is 18.2. The van der Waals surface area contributed by atoms with Crippen LogP contribution in [0.25, 0.3) is 0 Å². The van der Waals surface area contributed by atoms with E-state index in [2.05, 4.69) is 4.98 Å². The maximum Gasteiger partial charge on any atom is 0.339 e. The van der Waals surface area contributed by atoms with Crippen molar-refractivity contribution in [2.75, 3.05) is 13.2 Å². The van der Waals surface area contributed by atoms with Crippen LogP contribution in [0.15, 0.2) is 12.3 Å². The number of rotatable bonds is 6. The summed E-state index contributed by atoms with van der Waals surface area (Å²) in [5.74, 6) is 1.61. The maximum atomic E-state index is 11.9. The van der Waals surface area contributed by atoms with E-state index in [9.17, 15) is 4.79 Å². The number of hydrogen-bond donors (Lipinski definition) is 0. The second-order valence-corrected chi connectivity index (χ2v) is 5.63. The molecule has 2 aliphatic carbocycles. The van der Waals surface area contributed by atoms with Crippen LogP contribution in [0, 0.1) is 18.8 Å². The fourth-order valence-corrected chi connectivity index (χ4v) is 1.87. The molecule has 1 heterocycles. The second-order valence-electron chi connectivity index (χ2n) is 5.63. The lowest BCUT2D eigenvalue weighted by atomic mass is 10.1. The third-order valence-corrected chi connectivity index (χ3v) is 3.62. The van der Waals surface area contributed by atoms with Crippen molar-refractivity contribution in [1.29, 1.82) is 0 Å². The third kappa shape index (κ3) is 3.46. The number of aryl methyl sites for hydroxylation is 1. The molecule has 0 aliphatic heterocycles. The zero-order chi connectivity index (χ0) is 13.2. The molecular formula is C15H19NO3. The van der Waals surface area contributed by atoms with Crippen molar-refractivity contribution in [3.63, 3.8) is 0 Å². The minimum atomic E-state index is -0.273. The summed E-state index contributed by atoms with van der Waals surface area (Å²) in [6.45, 7) is 3.16. The molecule has 0 amide bonds. The van der Waals surface area contributed by atoms with Gasteiger partial charge in [0.15, 0.2) is 0 Å². The first-order valence-corrected chi connectivity index (χ1v) is 6.99. The minimum Gasteiger partial charge on any atom is -0.477 e. The number of carbonyl (C=O) groups excluding carboxylic acids is 1. The van der Waals surface area contributed by atoms with Gasteiger partial charge in [0.2, 0.25) is 5.88 Å². The molecule has 0 atom stereocenters. The van der Waals surface area contributed by atoms with Gasteiger partial charge < -0.3 is 9.47 Å². The number of nitrogens with zero attached hydrogens (tertiary/aromatic N) is 1. The van der Waals surface area contributed by atoms with Gasteiger partial charge in [0.05, 0.1) is 18.8 Å². The zero-order valence-corrected chi connectivity index (χ0v) is 11.2. The number of aromatic nitrogens is 1. The van der Waals surface area contributed by atoms with E-state index >= 15 is 0 Å². The molecule has 0 unspecified atom stereocenters. The predicted molar refractivity (Wildman–Crippen MR) is 70.2 cm³/mol. The van der Waals surface area contributed by atoms with Gasteiger partial charge in [0, 0.05) is 12.3 Å². The first-order valence-electron chi connectivity index (χ1n) is 6.99. The third-order valence-electron chi connectivity index (χ3n) is 3.62. The lowest BCUT2D eigenvalue weighted by Gasteiger charge is -2.09. The SMILES string of the molecule is Cc1cc(OCC2CC2)ncc1C(=O)OCC1CC1. The molecular weight excluding hydrogens is 242 g/mol. The maximum absolute atomic E-state index is 11.9. The van der Waals surface area contributed by atoms with Crippen molar-refractivity contribution < 1.29 is 14.3 Å². The molecule has 19 heavy (non-hydrogen) atoms. The van der Waals surface area contributed by atoms with Gasteiger partial charge in [-0.2, -0.15) is 0 Å². The number of pyridine rings is 1. The Kier molecular flexibility index (Phi) is 3.40. The van der Waals surface area contributed by atoms with Crippen LogP contribution in [0.1, 0.15) is 41.6 Å². The van der Waals surface area contributed by atoms with Gasteiger partial charge in [-0.3, -0.25) is 0 Å². The van der Waals surface area contributed by atoms with Gasteiger partial charge in [-0.05, 0) is 50.0 Å². The summed E-state index contributed by atoms with van der Waals surface area (Å²) in [5, 5.41) is 0. The molecule has 2 fully saturated rings. The van der Waals surface area contributed by atoms with Gasteiger partial charge in [-0.25, -0.2) is 9.78 Å².